The van der Waals surface area contributed by atoms with Gasteiger partial charge in [0.25, 0.3) is 35.4 Å². The molecule has 0 fully saturated rings. The first-order valence-corrected chi connectivity index (χ1v) is 41.4. The Bertz CT molecular complexity index is 6060. The van der Waals surface area contributed by atoms with E-state index in [0.717, 1.165) is 73.7 Å². The third kappa shape index (κ3) is 19.7. The Balaban J connectivity index is 0.000000123. The van der Waals surface area contributed by atoms with E-state index in [4.69, 9.17) is 25.8 Å². The molecule has 24 nitrogen and oxygen atoms in total. The average molecular weight is 2110 g/mol. The molecule has 12 aromatic rings. The summed E-state index contributed by atoms with van der Waals surface area (Å²) in [5.74, 6) is 3.74. The molecule has 13 heterocycles. The number of benzene rings is 5. The number of anilines is 6. The monoisotopic (exact) mass is 2100 g/mol. The van der Waals surface area contributed by atoms with Gasteiger partial charge in [0.1, 0.15) is 40.6 Å². The molecule has 6 aliphatic rings. The highest BCUT2D eigenvalue weighted by atomic mass is 79.9. The maximum absolute atomic E-state index is 12.2. The number of phenols is 2. The number of phenolic OH excluding ortho intramolecular Hbond substituents is 2. The van der Waals surface area contributed by atoms with E-state index in [1.807, 2.05) is 109 Å². The van der Waals surface area contributed by atoms with Gasteiger partial charge in [-0.2, -0.15) is 0 Å². The smallest absolute Gasteiger partial charge is 0.258 e. The normalized spacial score (nSPS) is 15.3. The Morgan fingerprint density at radius 3 is 1.08 bits per heavy atom. The maximum Gasteiger partial charge on any atom is 0.258 e. The molecule has 7 aromatic heterocycles. The van der Waals surface area contributed by atoms with Crippen molar-refractivity contribution in [2.45, 2.75) is 0 Å². The van der Waals surface area contributed by atoms with Crippen molar-refractivity contribution in [3.05, 3.63) is 303 Å². The SMILES string of the molecule is COc1cc(C=C2C(=O)Nc3ncccc32)cc(OC)c1OC.O=C1Nc2cccnc2C1=Cc1cc(Br)c(O)c(Br)c1.O=C1Nc2nccc(Cl)c2C1=Cc1cc(Br)cc(Br)c1.O=C1Nc2ncccc2/C1=C/c1ccc[nH]1.O=C1Nc2ncccc2C1=Cc1cc(Br)c(O)c(Br)c1.O=C1Nc2ncccc2C1=Cc1cc(Br)cc(Br)c1. The van der Waals surface area contributed by atoms with Gasteiger partial charge in [-0.05, 0) is 280 Å². The summed E-state index contributed by atoms with van der Waals surface area (Å²) in [6, 6.07) is 45.9. The molecular weight excluding hydrogens is 2050 g/mol. The molecular formula is C85H56Br8ClN13O11. The zero-order chi connectivity index (χ0) is 83.6. The van der Waals surface area contributed by atoms with Crippen LogP contribution in [0, 0.1) is 0 Å². The van der Waals surface area contributed by atoms with Crippen LogP contribution in [0.5, 0.6) is 28.7 Å². The zero-order valence-electron chi connectivity index (χ0n) is 61.1. The van der Waals surface area contributed by atoms with Crippen LogP contribution in [-0.2, 0) is 28.8 Å². The fourth-order valence-electron chi connectivity index (χ4n) is 12.3. The molecule has 0 spiro atoms. The molecule has 6 amide bonds. The lowest BCUT2D eigenvalue weighted by Gasteiger charge is -2.13. The predicted octanol–water partition coefficient (Wildman–Crippen LogP) is 21.0. The van der Waals surface area contributed by atoms with E-state index >= 15 is 0 Å². The van der Waals surface area contributed by atoms with Gasteiger partial charge in [0, 0.05) is 94.8 Å². The number of ether oxygens (including phenoxy) is 3. The minimum absolute atomic E-state index is 0.108. The first-order valence-electron chi connectivity index (χ1n) is 34.6. The van der Waals surface area contributed by atoms with Crippen LogP contribution in [0.4, 0.5) is 34.8 Å². The van der Waals surface area contributed by atoms with E-state index in [-0.39, 0.29) is 46.9 Å². The second-order valence-electron chi connectivity index (χ2n) is 25.2. The Kier molecular flexibility index (Phi) is 27.2. The number of halogens is 9. The number of H-pyrrole nitrogens is 1. The summed E-state index contributed by atoms with van der Waals surface area (Å²) in [7, 11) is 4.65. The molecule has 18 rings (SSSR count). The summed E-state index contributed by atoms with van der Waals surface area (Å²) >= 11 is 33.0. The standard InChI is InChI=1S/C17H16N2O4.C14H7Br2ClN2O.2C14H8Br2N2O2.C14H8Br2N2O.C12H9N3O/c1-21-13-8-10(9-14(22-2)15(13)23-3)7-12-11-5-4-6-18-16(11)19-17(12)20;15-8-3-7(4-9(16)6-8)5-10-12-11(17)1-2-18-13(12)19-14(10)20;15-9-5-7(6-10(16)13(9)19)4-8-12-11(18-14(8)20)2-1-3-17-12;15-10-5-7(6-11(16)12(10)19)4-9-8-2-1-3-17-13(8)18-14(9)20;15-9-4-8(5-10(16)7-9)6-12-11-2-1-3-17-13(11)18-14(12)19;16-12-10(7-8-3-1-5-13-8)9-4-2-6-14-11(9)15-12/h4-9H,1-3H3,(H,18,19,20);1-6H,(H,18,19,20);1-6,19H,(H,18,20);1-6,19H,(H,17,18,20);1-7H,(H,17,18,19);1-7,13H,(H,14,15,16)/b;;;;;10-7-. The third-order valence-corrected chi connectivity index (χ3v) is 22.1. The van der Waals surface area contributed by atoms with Gasteiger partial charge in [-0.25, -0.2) is 24.9 Å². The van der Waals surface area contributed by atoms with Crippen LogP contribution in [0.3, 0.4) is 0 Å². The molecule has 33 heteroatoms. The number of pyridine rings is 6. The van der Waals surface area contributed by atoms with Crippen LogP contribution in [0.15, 0.2) is 231 Å². The van der Waals surface area contributed by atoms with Crippen LogP contribution in [-0.4, -0.2) is 102 Å². The lowest BCUT2D eigenvalue weighted by Crippen LogP contribution is -2.04. The van der Waals surface area contributed by atoms with Crippen molar-refractivity contribution in [2.24, 2.45) is 0 Å². The second kappa shape index (κ2) is 37.9. The van der Waals surface area contributed by atoms with Crippen molar-refractivity contribution >= 4 is 279 Å². The molecule has 0 aliphatic carbocycles. The van der Waals surface area contributed by atoms with Crippen molar-refractivity contribution in [2.75, 3.05) is 53.2 Å². The summed E-state index contributed by atoms with van der Waals surface area (Å²) in [6.07, 6.45) is 22.4. The van der Waals surface area contributed by atoms with E-state index in [0.29, 0.717) is 120 Å². The summed E-state index contributed by atoms with van der Waals surface area (Å²) in [5, 5.41) is 36.3. The highest BCUT2D eigenvalue weighted by Crippen LogP contribution is 2.44. The summed E-state index contributed by atoms with van der Waals surface area (Å²) in [5.41, 5.74) is 13.7. The summed E-state index contributed by atoms with van der Waals surface area (Å²) in [6.45, 7) is 0. The number of methoxy groups -OCH3 is 3. The molecule has 590 valence electrons. The second-order valence-corrected chi connectivity index (χ2v) is 32.7. The van der Waals surface area contributed by atoms with Gasteiger partial charge in [-0.1, -0.05) is 75.3 Å². The number of hydrogen-bond donors (Lipinski definition) is 9. The number of carbonyl (C=O) groups excluding carboxylic acids is 6. The van der Waals surface area contributed by atoms with Crippen molar-refractivity contribution in [1.82, 2.24) is 34.9 Å². The number of carbonyl (C=O) groups is 6. The fraction of sp³-hybridized carbons (Fsp3) is 0.0353. The fourth-order valence-corrected chi connectivity index (χ4v) is 17.6. The minimum atomic E-state index is -0.198. The highest BCUT2D eigenvalue weighted by Gasteiger charge is 2.32. The highest BCUT2D eigenvalue weighted by molar-refractivity contribution is 9.12. The number of rotatable bonds is 9. The molecule has 6 aliphatic heterocycles. The minimum Gasteiger partial charge on any atom is -0.506 e. The molecule has 0 radical (unpaired) electrons. The van der Waals surface area contributed by atoms with Gasteiger partial charge in [-0.3, -0.25) is 33.8 Å². The van der Waals surface area contributed by atoms with Gasteiger partial charge in [0.15, 0.2) is 11.5 Å². The number of nitrogens with zero attached hydrogens (tertiary/aromatic N) is 6. The van der Waals surface area contributed by atoms with Gasteiger partial charge in [0.05, 0.1) is 89.1 Å². The number of aromatic hydroxyl groups is 2. The quantitative estimate of drug-likeness (QED) is 0.0606. The number of nitrogens with one attached hydrogen (secondary N) is 7. The molecule has 0 bridgehead atoms. The lowest BCUT2D eigenvalue weighted by atomic mass is 10.0. The number of aromatic nitrogens is 7. The average Bonchev–Trinajstić information content (AvgIpc) is 1.66. The van der Waals surface area contributed by atoms with Gasteiger partial charge >= 0.3 is 0 Å². The zero-order valence-corrected chi connectivity index (χ0v) is 74.5. The molecule has 118 heavy (non-hydrogen) atoms. The molecule has 9 N–H and O–H groups in total. The van der Waals surface area contributed by atoms with Gasteiger partial charge in [0.2, 0.25) is 5.75 Å². The van der Waals surface area contributed by atoms with Crippen LogP contribution in [0.25, 0.3) is 69.9 Å². The van der Waals surface area contributed by atoms with E-state index in [1.54, 1.807) is 143 Å². The molecule has 0 saturated carbocycles. The molecule has 5 aromatic carbocycles. The Hall–Kier alpha value is -11.3. The van der Waals surface area contributed by atoms with Crippen molar-refractivity contribution in [3.63, 3.8) is 0 Å². The Morgan fingerprint density at radius 1 is 0.347 bits per heavy atom. The lowest BCUT2D eigenvalue weighted by molar-refractivity contribution is -0.111. The number of aromatic amines is 1. The van der Waals surface area contributed by atoms with E-state index in [2.05, 4.69) is 194 Å². The van der Waals surface area contributed by atoms with Crippen molar-refractivity contribution in [1.29, 1.82) is 0 Å². The van der Waals surface area contributed by atoms with Crippen LogP contribution >= 0.6 is 139 Å². The van der Waals surface area contributed by atoms with Gasteiger partial charge in [-0.15, -0.1) is 0 Å². The van der Waals surface area contributed by atoms with Crippen LogP contribution in [0.1, 0.15) is 67.0 Å². The predicted molar refractivity (Wildman–Crippen MR) is 487 cm³/mol. The van der Waals surface area contributed by atoms with Crippen LogP contribution < -0.4 is 46.1 Å². The van der Waals surface area contributed by atoms with Crippen molar-refractivity contribution < 1.29 is 53.2 Å². The third-order valence-electron chi connectivity index (χ3n) is 17.5. The number of fused-ring (bicyclic) bond motifs is 6. The molecule has 0 unspecified atom stereocenters. The van der Waals surface area contributed by atoms with Gasteiger partial charge < -0.3 is 61.3 Å². The summed E-state index contributed by atoms with van der Waals surface area (Å²) < 4.78 is 22.0. The molecule has 0 saturated heterocycles. The van der Waals surface area contributed by atoms with E-state index < -0.39 is 0 Å². The Morgan fingerprint density at radius 2 is 0.686 bits per heavy atom. The Labute approximate surface area is 745 Å². The first-order chi connectivity index (χ1) is 56.8. The van der Waals surface area contributed by atoms with E-state index in [9.17, 15) is 39.0 Å². The first kappa shape index (κ1) is 84.6. The van der Waals surface area contributed by atoms with Crippen LogP contribution in [0.2, 0.25) is 5.02 Å². The number of amides is 6. The molecule has 0 atom stereocenters. The summed E-state index contributed by atoms with van der Waals surface area (Å²) in [4.78, 5) is 99.8. The number of hydrogen-bond acceptors (Lipinski definition) is 17. The largest absolute Gasteiger partial charge is 0.506 e. The van der Waals surface area contributed by atoms with Crippen molar-refractivity contribution in [3.8, 4) is 28.7 Å². The maximum atomic E-state index is 12.2. The topological polar surface area (TPSA) is 336 Å². The van der Waals surface area contributed by atoms with E-state index in [1.165, 1.54) is 0 Å².